The van der Waals surface area contributed by atoms with Gasteiger partial charge in [0.15, 0.2) is 0 Å². The molecular weight excluding hydrogens is 288 g/mol. The van der Waals surface area contributed by atoms with Gasteiger partial charge in [-0.1, -0.05) is 41.9 Å². The van der Waals surface area contributed by atoms with E-state index >= 15 is 0 Å². The van der Waals surface area contributed by atoms with Crippen molar-refractivity contribution in [1.82, 2.24) is 9.88 Å². The maximum absolute atomic E-state index is 12.6. The summed E-state index contributed by atoms with van der Waals surface area (Å²) in [5.74, 6) is -0.166. The summed E-state index contributed by atoms with van der Waals surface area (Å²) < 4.78 is 0. The zero-order chi connectivity index (χ0) is 15.2. The van der Waals surface area contributed by atoms with Crippen LogP contribution in [0.4, 0.5) is 0 Å². The number of nitrogens with zero attached hydrogens (tertiary/aromatic N) is 2. The topological polar surface area (TPSA) is 53.4 Å². The van der Waals surface area contributed by atoms with Crippen molar-refractivity contribution >= 4 is 17.5 Å². The van der Waals surface area contributed by atoms with E-state index in [-0.39, 0.29) is 19.1 Å². The summed E-state index contributed by atoms with van der Waals surface area (Å²) in [6, 6.07) is 12.9. The molecule has 5 heteroatoms. The minimum absolute atomic E-state index is 0.0869. The molecule has 0 fully saturated rings. The van der Waals surface area contributed by atoms with Crippen LogP contribution in [-0.4, -0.2) is 34.0 Å². The number of benzene rings is 1. The minimum atomic E-state index is -0.166. The number of carbonyl (C=O) groups is 1. The van der Waals surface area contributed by atoms with Crippen LogP contribution in [0.2, 0.25) is 5.15 Å². The molecule has 0 unspecified atom stereocenters. The van der Waals surface area contributed by atoms with Gasteiger partial charge >= 0.3 is 0 Å². The zero-order valence-corrected chi connectivity index (χ0v) is 12.5. The van der Waals surface area contributed by atoms with Crippen LogP contribution in [0.1, 0.15) is 21.6 Å². The first-order valence-corrected chi connectivity index (χ1v) is 7.06. The van der Waals surface area contributed by atoms with E-state index in [0.29, 0.717) is 23.0 Å². The minimum Gasteiger partial charge on any atom is -0.395 e. The molecule has 0 aliphatic heterocycles. The Hall–Kier alpha value is -1.91. The van der Waals surface area contributed by atoms with Crippen LogP contribution in [0.3, 0.4) is 0 Å². The van der Waals surface area contributed by atoms with Crippen LogP contribution < -0.4 is 0 Å². The van der Waals surface area contributed by atoms with Crippen LogP contribution in [0.25, 0.3) is 0 Å². The number of hydrogen-bond acceptors (Lipinski definition) is 3. The van der Waals surface area contributed by atoms with Gasteiger partial charge in [-0.2, -0.15) is 0 Å². The Kier molecular flexibility index (Phi) is 5.31. The summed E-state index contributed by atoms with van der Waals surface area (Å²) in [6.07, 6.45) is 0. The molecule has 0 spiro atoms. The second-order valence-electron chi connectivity index (χ2n) is 4.76. The number of aliphatic hydroxyl groups is 1. The van der Waals surface area contributed by atoms with Crippen LogP contribution in [0.5, 0.6) is 0 Å². The number of aliphatic hydroxyl groups excluding tert-OH is 1. The number of carbonyl (C=O) groups excluding carboxylic acids is 1. The predicted octanol–water partition coefficient (Wildman–Crippen LogP) is 2.68. The largest absolute Gasteiger partial charge is 0.395 e. The van der Waals surface area contributed by atoms with Gasteiger partial charge in [0.05, 0.1) is 6.61 Å². The first-order chi connectivity index (χ1) is 10.1. The van der Waals surface area contributed by atoms with Gasteiger partial charge in [0.1, 0.15) is 5.15 Å². The van der Waals surface area contributed by atoms with Crippen LogP contribution >= 0.6 is 11.6 Å². The zero-order valence-electron chi connectivity index (χ0n) is 11.8. The van der Waals surface area contributed by atoms with E-state index in [4.69, 9.17) is 11.6 Å². The fraction of sp³-hybridized carbons (Fsp3) is 0.250. The highest BCUT2D eigenvalue weighted by atomic mass is 35.5. The molecule has 1 amide bonds. The Bertz CT molecular complexity index is 597. The lowest BCUT2D eigenvalue weighted by molar-refractivity contribution is 0.0707. The van der Waals surface area contributed by atoms with E-state index in [1.54, 1.807) is 24.0 Å². The third kappa shape index (κ3) is 4.28. The SMILES string of the molecule is Cc1cc(C(=O)N(CCO)Cc2ccccc2)cc(Cl)n1. The molecule has 0 atom stereocenters. The molecule has 1 N–H and O–H groups in total. The van der Waals surface area contributed by atoms with Gasteiger partial charge < -0.3 is 10.0 Å². The first-order valence-electron chi connectivity index (χ1n) is 6.68. The Labute approximate surface area is 129 Å². The molecule has 0 aliphatic carbocycles. The average molecular weight is 305 g/mol. The van der Waals surface area contributed by atoms with E-state index in [1.807, 2.05) is 30.3 Å². The molecule has 0 radical (unpaired) electrons. The van der Waals surface area contributed by atoms with Crippen LogP contribution in [0.15, 0.2) is 42.5 Å². The Morgan fingerprint density at radius 1 is 1.29 bits per heavy atom. The van der Waals surface area contributed by atoms with E-state index < -0.39 is 0 Å². The van der Waals surface area contributed by atoms with Gasteiger partial charge in [-0.3, -0.25) is 4.79 Å². The van der Waals surface area contributed by atoms with Crippen molar-refractivity contribution in [3.8, 4) is 0 Å². The molecule has 2 aromatic rings. The van der Waals surface area contributed by atoms with Crippen molar-refractivity contribution < 1.29 is 9.90 Å². The van der Waals surface area contributed by atoms with Gasteiger partial charge in [-0.15, -0.1) is 0 Å². The molecule has 4 nitrogen and oxygen atoms in total. The fourth-order valence-electron chi connectivity index (χ4n) is 2.11. The van der Waals surface area contributed by atoms with Crippen molar-refractivity contribution in [3.05, 3.63) is 64.4 Å². The van der Waals surface area contributed by atoms with Crippen LogP contribution in [0, 0.1) is 6.92 Å². The van der Waals surface area contributed by atoms with Gasteiger partial charge in [0.2, 0.25) is 0 Å². The summed E-state index contributed by atoms with van der Waals surface area (Å²) in [5.41, 5.74) is 2.18. The maximum Gasteiger partial charge on any atom is 0.254 e. The van der Waals surface area contributed by atoms with E-state index in [9.17, 15) is 9.90 Å². The lowest BCUT2D eigenvalue weighted by Gasteiger charge is -2.22. The number of aryl methyl sites for hydroxylation is 1. The molecule has 110 valence electrons. The van der Waals surface area contributed by atoms with Gasteiger partial charge in [0.25, 0.3) is 5.91 Å². The highest BCUT2D eigenvalue weighted by molar-refractivity contribution is 6.29. The molecule has 21 heavy (non-hydrogen) atoms. The third-order valence-electron chi connectivity index (χ3n) is 3.04. The van der Waals surface area contributed by atoms with Gasteiger partial charge in [0, 0.05) is 24.3 Å². The lowest BCUT2D eigenvalue weighted by atomic mass is 10.1. The average Bonchev–Trinajstić information content (AvgIpc) is 2.46. The molecule has 0 saturated heterocycles. The second kappa shape index (κ2) is 7.20. The molecule has 1 heterocycles. The molecular formula is C16H17ClN2O2. The summed E-state index contributed by atoms with van der Waals surface area (Å²) in [5, 5.41) is 9.48. The smallest absolute Gasteiger partial charge is 0.254 e. The van der Waals surface area contributed by atoms with Crippen molar-refractivity contribution in [2.45, 2.75) is 13.5 Å². The van der Waals surface area contributed by atoms with Crippen molar-refractivity contribution in [2.24, 2.45) is 0 Å². The van der Waals surface area contributed by atoms with E-state index in [2.05, 4.69) is 4.98 Å². The first kappa shape index (κ1) is 15.5. The summed E-state index contributed by atoms with van der Waals surface area (Å²) in [4.78, 5) is 18.2. The number of pyridine rings is 1. The normalized spacial score (nSPS) is 10.4. The highest BCUT2D eigenvalue weighted by Gasteiger charge is 2.17. The monoisotopic (exact) mass is 304 g/mol. The van der Waals surface area contributed by atoms with Crippen molar-refractivity contribution in [3.63, 3.8) is 0 Å². The molecule has 1 aromatic carbocycles. The molecule has 0 bridgehead atoms. The molecule has 1 aromatic heterocycles. The van der Waals surface area contributed by atoms with Gasteiger partial charge in [-0.25, -0.2) is 4.98 Å². The number of halogens is 1. The van der Waals surface area contributed by atoms with Crippen LogP contribution in [-0.2, 0) is 6.54 Å². The maximum atomic E-state index is 12.6. The third-order valence-corrected chi connectivity index (χ3v) is 3.24. The number of rotatable bonds is 5. The number of amides is 1. The summed E-state index contributed by atoms with van der Waals surface area (Å²) in [6.45, 7) is 2.42. The molecule has 0 saturated carbocycles. The summed E-state index contributed by atoms with van der Waals surface area (Å²) >= 11 is 5.90. The van der Waals surface area contributed by atoms with Gasteiger partial charge in [-0.05, 0) is 24.6 Å². The standard InChI is InChI=1S/C16H17ClN2O2/c1-12-9-14(10-15(17)18-12)16(21)19(7-8-20)11-13-5-3-2-4-6-13/h2-6,9-10,20H,7-8,11H2,1H3. The Morgan fingerprint density at radius 2 is 2.00 bits per heavy atom. The predicted molar refractivity (Wildman–Crippen MR) is 82.3 cm³/mol. The molecule has 2 rings (SSSR count). The Balaban J connectivity index is 2.22. The Morgan fingerprint density at radius 3 is 2.62 bits per heavy atom. The summed E-state index contributed by atoms with van der Waals surface area (Å²) in [7, 11) is 0. The van der Waals surface area contributed by atoms with Crippen molar-refractivity contribution in [2.75, 3.05) is 13.2 Å². The number of aromatic nitrogens is 1. The quantitative estimate of drug-likeness (QED) is 0.864. The fourth-order valence-corrected chi connectivity index (χ4v) is 2.36. The van der Waals surface area contributed by atoms with E-state index in [0.717, 1.165) is 5.56 Å². The van der Waals surface area contributed by atoms with Crippen molar-refractivity contribution in [1.29, 1.82) is 0 Å². The second-order valence-corrected chi connectivity index (χ2v) is 5.14. The lowest BCUT2D eigenvalue weighted by Crippen LogP contribution is -2.33. The van der Waals surface area contributed by atoms with E-state index in [1.165, 1.54) is 0 Å². The highest BCUT2D eigenvalue weighted by Crippen LogP contribution is 2.14. The molecule has 0 aliphatic rings. The number of hydrogen-bond donors (Lipinski definition) is 1.